The van der Waals surface area contributed by atoms with Crippen LogP contribution in [0.5, 0.6) is 0 Å². The Morgan fingerprint density at radius 2 is 1.94 bits per heavy atom. The third kappa shape index (κ3) is 7.71. The van der Waals surface area contributed by atoms with Crippen LogP contribution in [0.25, 0.3) is 0 Å². The van der Waals surface area contributed by atoms with Crippen LogP contribution in [0.1, 0.15) is 43.4 Å². The summed E-state index contributed by atoms with van der Waals surface area (Å²) in [5.41, 5.74) is -1.03. The Morgan fingerprint density at radius 3 is 2.52 bits per heavy atom. The molecule has 0 bridgehead atoms. The summed E-state index contributed by atoms with van der Waals surface area (Å²) in [5.74, 6) is -1.94. The van der Waals surface area contributed by atoms with Gasteiger partial charge in [-0.2, -0.15) is 4.91 Å². The number of amides is 3. The number of ketones is 1. The van der Waals surface area contributed by atoms with E-state index in [2.05, 4.69) is 26.3 Å². The Morgan fingerprint density at radius 1 is 1.24 bits per heavy atom. The molecular weight excluding hydrogens is 438 g/mol. The maximum atomic E-state index is 12.6. The lowest BCUT2D eigenvalue weighted by Crippen LogP contribution is -2.53. The Labute approximate surface area is 190 Å². The second kappa shape index (κ2) is 11.6. The number of aromatic nitrogens is 1. The highest BCUT2D eigenvalue weighted by atomic mass is 16.6. The van der Waals surface area contributed by atoms with Crippen LogP contribution in [0.3, 0.4) is 0 Å². The molecule has 3 atom stereocenters. The largest absolute Gasteiger partial charge is 0.382 e. The lowest BCUT2D eigenvalue weighted by Gasteiger charge is -2.22. The summed E-state index contributed by atoms with van der Waals surface area (Å²) in [4.78, 5) is 60.1. The van der Waals surface area contributed by atoms with E-state index in [0.717, 1.165) is 0 Å². The molecule has 1 fully saturated rings. The third-order valence-corrected chi connectivity index (χ3v) is 4.85. The summed E-state index contributed by atoms with van der Waals surface area (Å²) in [7, 11) is 1.34. The van der Waals surface area contributed by atoms with E-state index in [1.165, 1.54) is 13.2 Å². The molecule has 3 amide bonds. The molecule has 1 aromatic heterocycles. The molecule has 13 nitrogen and oxygen atoms in total. The second-order valence-corrected chi connectivity index (χ2v) is 8.30. The van der Waals surface area contributed by atoms with Gasteiger partial charge in [-0.3, -0.25) is 19.2 Å². The number of rotatable bonds is 14. The van der Waals surface area contributed by atoms with Crippen LogP contribution in [0.2, 0.25) is 0 Å². The maximum Gasteiger partial charge on any atom is 0.274 e. The van der Waals surface area contributed by atoms with Gasteiger partial charge in [0.05, 0.1) is 25.8 Å². The first-order valence-electron chi connectivity index (χ1n) is 10.4. The van der Waals surface area contributed by atoms with E-state index >= 15 is 0 Å². The van der Waals surface area contributed by atoms with Gasteiger partial charge >= 0.3 is 0 Å². The first-order chi connectivity index (χ1) is 15.6. The van der Waals surface area contributed by atoms with Gasteiger partial charge < -0.3 is 29.9 Å². The molecule has 33 heavy (non-hydrogen) atoms. The number of Topliss-reactive ketones (excluding diaryl/α,β-unsaturated/α-hetero) is 1. The van der Waals surface area contributed by atoms with Crippen molar-refractivity contribution in [2.24, 2.45) is 11.1 Å². The van der Waals surface area contributed by atoms with Gasteiger partial charge in [-0.05, 0) is 19.3 Å². The van der Waals surface area contributed by atoms with E-state index in [1.807, 2.05) is 13.8 Å². The zero-order valence-corrected chi connectivity index (χ0v) is 19.0. The van der Waals surface area contributed by atoms with Crippen LogP contribution in [0.4, 0.5) is 0 Å². The third-order valence-electron chi connectivity index (χ3n) is 4.85. The molecular formula is C20H29N5O8. The molecule has 0 saturated carbocycles. The van der Waals surface area contributed by atoms with Gasteiger partial charge in [-0.25, -0.2) is 0 Å². The van der Waals surface area contributed by atoms with E-state index in [0.29, 0.717) is 13.0 Å². The summed E-state index contributed by atoms with van der Waals surface area (Å²) < 4.78 is 14.9. The van der Waals surface area contributed by atoms with Gasteiger partial charge in [0, 0.05) is 13.2 Å². The first kappa shape index (κ1) is 26.1. The first-order valence-corrected chi connectivity index (χ1v) is 10.4. The van der Waals surface area contributed by atoms with Crippen molar-refractivity contribution in [3.05, 3.63) is 22.4 Å². The maximum absolute atomic E-state index is 12.6. The molecule has 0 aliphatic carbocycles. The predicted molar refractivity (Wildman–Crippen MR) is 113 cm³/mol. The molecule has 2 unspecified atom stereocenters. The van der Waals surface area contributed by atoms with Gasteiger partial charge in [-0.1, -0.05) is 24.2 Å². The average molecular weight is 467 g/mol. The fourth-order valence-corrected chi connectivity index (χ4v) is 3.00. The van der Waals surface area contributed by atoms with E-state index in [9.17, 15) is 24.1 Å². The van der Waals surface area contributed by atoms with Gasteiger partial charge in [0.1, 0.15) is 18.2 Å². The Balaban J connectivity index is 1.91. The Kier molecular flexibility index (Phi) is 9.17. The monoisotopic (exact) mass is 467 g/mol. The van der Waals surface area contributed by atoms with E-state index in [1.54, 1.807) is 6.92 Å². The van der Waals surface area contributed by atoms with Crippen molar-refractivity contribution in [1.82, 2.24) is 21.1 Å². The van der Waals surface area contributed by atoms with Gasteiger partial charge in [0.25, 0.3) is 5.91 Å². The van der Waals surface area contributed by atoms with Crippen molar-refractivity contribution in [1.29, 1.82) is 0 Å². The van der Waals surface area contributed by atoms with Gasteiger partial charge in [-0.15, -0.1) is 0 Å². The van der Waals surface area contributed by atoms with Crippen molar-refractivity contribution in [2.45, 2.75) is 51.4 Å². The molecule has 182 valence electrons. The van der Waals surface area contributed by atoms with Crippen molar-refractivity contribution in [3.8, 4) is 0 Å². The van der Waals surface area contributed by atoms with E-state index < -0.39 is 42.0 Å². The van der Waals surface area contributed by atoms with Crippen LogP contribution in [0.15, 0.2) is 15.8 Å². The second-order valence-electron chi connectivity index (χ2n) is 8.30. The zero-order chi connectivity index (χ0) is 24.6. The van der Waals surface area contributed by atoms with Crippen LogP contribution in [-0.4, -0.2) is 73.2 Å². The molecule has 1 aliphatic rings. The van der Waals surface area contributed by atoms with Gasteiger partial charge in [0.15, 0.2) is 17.2 Å². The average Bonchev–Trinajstić information content (AvgIpc) is 3.33. The lowest BCUT2D eigenvalue weighted by molar-refractivity contribution is -0.131. The number of carbonyl (C=O) groups excluding carboxylic acids is 4. The minimum absolute atomic E-state index is 0.0931. The van der Waals surface area contributed by atoms with Crippen molar-refractivity contribution >= 4 is 23.5 Å². The standard InChI is InChI=1S/C20H29N5O8/c1-11(2)5-13(17(27)20(3)10-32-20)23-16(26)8-21-18(28)15(9-31-4)24-19(29)14-6-12(7-22-30)33-25-14/h6,11,13,15H,5,7-10H2,1-4H3,(H,21,28)(H,23,26)(H,24,29)/t13?,15?,20-/m1/s1. The Hall–Kier alpha value is -3.19. The molecule has 0 radical (unpaired) electrons. The molecule has 1 aliphatic heterocycles. The quantitative estimate of drug-likeness (QED) is 0.244. The highest BCUT2D eigenvalue weighted by Gasteiger charge is 2.50. The molecule has 0 aromatic carbocycles. The predicted octanol–water partition coefficient (Wildman–Crippen LogP) is -0.309. The van der Waals surface area contributed by atoms with Gasteiger partial charge in [0.2, 0.25) is 11.8 Å². The summed E-state index contributed by atoms with van der Waals surface area (Å²) in [6.45, 7) is 4.96. The lowest BCUT2D eigenvalue weighted by atomic mass is 9.93. The van der Waals surface area contributed by atoms with E-state index in [4.69, 9.17) is 14.0 Å². The fraction of sp³-hybridized carbons (Fsp3) is 0.650. The highest BCUT2D eigenvalue weighted by Crippen LogP contribution is 2.29. The normalized spacial score (nSPS) is 18.8. The fourth-order valence-electron chi connectivity index (χ4n) is 3.00. The van der Waals surface area contributed by atoms with Crippen LogP contribution >= 0.6 is 0 Å². The molecule has 13 heteroatoms. The number of hydrogen-bond donors (Lipinski definition) is 3. The minimum Gasteiger partial charge on any atom is -0.382 e. The number of nitrogens with zero attached hydrogens (tertiary/aromatic N) is 2. The van der Waals surface area contributed by atoms with Crippen LogP contribution in [-0.2, 0) is 30.4 Å². The van der Waals surface area contributed by atoms with E-state index in [-0.39, 0.29) is 36.3 Å². The van der Waals surface area contributed by atoms with Crippen molar-refractivity contribution < 1.29 is 33.2 Å². The molecule has 1 aromatic rings. The molecule has 3 N–H and O–H groups in total. The Bertz CT molecular complexity index is 880. The van der Waals surface area contributed by atoms with Crippen LogP contribution in [0, 0.1) is 10.8 Å². The number of methoxy groups -OCH3 is 1. The zero-order valence-electron chi connectivity index (χ0n) is 19.0. The SMILES string of the molecule is COCC(NC(=O)c1cc(CN=O)on1)C(=O)NCC(=O)NC(CC(C)C)C(=O)[C@@]1(C)CO1. The van der Waals surface area contributed by atoms with Crippen molar-refractivity contribution in [2.75, 3.05) is 26.9 Å². The molecule has 0 spiro atoms. The number of hydrogen-bond acceptors (Lipinski definition) is 10. The number of nitroso groups, excluding NO2 is 1. The van der Waals surface area contributed by atoms with Crippen molar-refractivity contribution in [3.63, 3.8) is 0 Å². The topological polar surface area (TPSA) is 182 Å². The smallest absolute Gasteiger partial charge is 0.274 e. The molecule has 2 heterocycles. The molecule has 2 rings (SSSR count). The summed E-state index contributed by atoms with van der Waals surface area (Å²) in [6.07, 6.45) is 0.430. The van der Waals surface area contributed by atoms with Crippen LogP contribution < -0.4 is 16.0 Å². The number of epoxide rings is 1. The molecule has 1 saturated heterocycles. The minimum atomic E-state index is -1.13. The number of nitrogens with one attached hydrogen (secondary N) is 3. The summed E-state index contributed by atoms with van der Waals surface area (Å²) in [5, 5.41) is 13.6. The number of ether oxygens (including phenoxy) is 2. The highest BCUT2D eigenvalue weighted by molar-refractivity contribution is 5.98. The number of carbonyl (C=O) groups is 4. The summed E-state index contributed by atoms with van der Waals surface area (Å²) in [6, 6.07) is -0.646. The summed E-state index contributed by atoms with van der Waals surface area (Å²) >= 11 is 0.